The number of nitrogens with one attached hydrogen (secondary N) is 1. The molecule has 0 aliphatic heterocycles. The van der Waals surface area contributed by atoms with E-state index in [9.17, 15) is 14.4 Å². The Balaban J connectivity index is 1.78. The van der Waals surface area contributed by atoms with Gasteiger partial charge in [0, 0.05) is 43.2 Å². The van der Waals surface area contributed by atoms with E-state index in [1.165, 1.54) is 32.7 Å². The summed E-state index contributed by atoms with van der Waals surface area (Å²) in [5, 5.41) is 12.6. The molecular weight excluding hydrogens is 389 g/mol. The Labute approximate surface area is 172 Å². The molecule has 30 heavy (non-hydrogen) atoms. The number of carbonyl (C=O) groups excluding carboxylic acids is 1. The van der Waals surface area contributed by atoms with Crippen LogP contribution in [0.25, 0.3) is 0 Å². The molecule has 0 fully saturated rings. The van der Waals surface area contributed by atoms with Crippen molar-refractivity contribution in [2.45, 2.75) is 19.5 Å². The Morgan fingerprint density at radius 1 is 1.30 bits per heavy atom. The zero-order valence-electron chi connectivity index (χ0n) is 16.8. The molecule has 8 nitrogen and oxygen atoms in total. The number of nitrogens with zero attached hydrogens (tertiary/aromatic N) is 4. The molecule has 2 heterocycles. The Morgan fingerprint density at radius 3 is 2.67 bits per heavy atom. The van der Waals surface area contributed by atoms with E-state index >= 15 is 0 Å². The third kappa shape index (κ3) is 4.99. The highest BCUT2D eigenvalue weighted by Gasteiger charge is 2.15. The first-order valence-corrected chi connectivity index (χ1v) is 9.19. The van der Waals surface area contributed by atoms with Gasteiger partial charge in [-0.2, -0.15) is 4.73 Å². The monoisotopic (exact) mass is 411 g/mol. The van der Waals surface area contributed by atoms with E-state index in [4.69, 9.17) is 4.74 Å². The SMILES string of the molecule is CNC(=O)c1cc(CC(F)c2cnc(N=c3ccn(O)c(C)c3)nc2)cc(OC)c1. The van der Waals surface area contributed by atoms with E-state index in [-0.39, 0.29) is 18.3 Å². The summed E-state index contributed by atoms with van der Waals surface area (Å²) in [7, 11) is 3.02. The van der Waals surface area contributed by atoms with Gasteiger partial charge in [-0.3, -0.25) is 4.79 Å². The normalized spacial score (nSPS) is 12.5. The Kier molecular flexibility index (Phi) is 6.41. The largest absolute Gasteiger partial charge is 0.497 e. The van der Waals surface area contributed by atoms with Crippen molar-refractivity contribution in [3.63, 3.8) is 0 Å². The number of benzene rings is 1. The van der Waals surface area contributed by atoms with E-state index in [0.717, 1.165) is 4.73 Å². The van der Waals surface area contributed by atoms with Gasteiger partial charge in [0.05, 0.1) is 18.2 Å². The predicted molar refractivity (Wildman–Crippen MR) is 108 cm³/mol. The second kappa shape index (κ2) is 9.17. The van der Waals surface area contributed by atoms with Crippen LogP contribution in [0, 0.1) is 6.92 Å². The summed E-state index contributed by atoms with van der Waals surface area (Å²) >= 11 is 0. The second-order valence-electron chi connectivity index (χ2n) is 6.62. The number of methoxy groups -OCH3 is 1. The van der Waals surface area contributed by atoms with Crippen LogP contribution in [-0.4, -0.2) is 40.0 Å². The number of hydrogen-bond donors (Lipinski definition) is 2. The summed E-state index contributed by atoms with van der Waals surface area (Å²) in [4.78, 5) is 24.4. The molecule has 0 aliphatic rings. The lowest BCUT2D eigenvalue weighted by Crippen LogP contribution is -2.18. The molecule has 1 unspecified atom stereocenters. The van der Waals surface area contributed by atoms with E-state index in [1.54, 1.807) is 37.3 Å². The highest BCUT2D eigenvalue weighted by Crippen LogP contribution is 2.25. The van der Waals surface area contributed by atoms with Crippen LogP contribution in [0.3, 0.4) is 0 Å². The molecule has 3 aromatic rings. The number of halogens is 1. The van der Waals surface area contributed by atoms with Crippen molar-refractivity contribution < 1.29 is 19.1 Å². The highest BCUT2D eigenvalue weighted by atomic mass is 19.1. The summed E-state index contributed by atoms with van der Waals surface area (Å²) in [5.41, 5.74) is 1.92. The van der Waals surface area contributed by atoms with Crippen LogP contribution in [0.1, 0.15) is 33.4 Å². The van der Waals surface area contributed by atoms with Gasteiger partial charge >= 0.3 is 0 Å². The summed E-state index contributed by atoms with van der Waals surface area (Å²) in [6.07, 6.45) is 2.91. The van der Waals surface area contributed by atoms with Crippen molar-refractivity contribution in [3.8, 4) is 5.75 Å². The molecule has 9 heteroatoms. The van der Waals surface area contributed by atoms with Gasteiger partial charge in [0.15, 0.2) is 0 Å². The Hall–Kier alpha value is -3.75. The first-order valence-electron chi connectivity index (χ1n) is 9.19. The predicted octanol–water partition coefficient (Wildman–Crippen LogP) is 2.68. The third-order valence-corrected chi connectivity index (χ3v) is 4.46. The van der Waals surface area contributed by atoms with Crippen LogP contribution in [0.4, 0.5) is 10.3 Å². The third-order valence-electron chi connectivity index (χ3n) is 4.46. The minimum atomic E-state index is -1.36. The van der Waals surface area contributed by atoms with Crippen molar-refractivity contribution in [1.29, 1.82) is 0 Å². The molecule has 156 valence electrons. The number of ether oxygens (including phenoxy) is 1. The number of alkyl halides is 1. The molecule has 1 amide bonds. The number of pyridine rings is 1. The minimum Gasteiger partial charge on any atom is -0.497 e. The smallest absolute Gasteiger partial charge is 0.251 e. The average molecular weight is 411 g/mol. The number of carbonyl (C=O) groups is 1. The van der Waals surface area contributed by atoms with Crippen molar-refractivity contribution >= 4 is 11.9 Å². The first-order chi connectivity index (χ1) is 14.4. The van der Waals surface area contributed by atoms with Crippen molar-refractivity contribution in [3.05, 3.63) is 76.7 Å². The van der Waals surface area contributed by atoms with Gasteiger partial charge in [0.1, 0.15) is 11.9 Å². The molecule has 0 aliphatic carbocycles. The van der Waals surface area contributed by atoms with Crippen LogP contribution in [-0.2, 0) is 6.42 Å². The molecule has 0 radical (unpaired) electrons. The van der Waals surface area contributed by atoms with Crippen molar-refractivity contribution in [2.24, 2.45) is 4.99 Å². The van der Waals surface area contributed by atoms with Gasteiger partial charge in [0.2, 0.25) is 5.95 Å². The quantitative estimate of drug-likeness (QED) is 0.608. The first kappa shape index (κ1) is 21.0. The van der Waals surface area contributed by atoms with Gasteiger partial charge < -0.3 is 15.3 Å². The summed E-state index contributed by atoms with van der Waals surface area (Å²) in [6, 6.07) is 8.19. The van der Waals surface area contributed by atoms with Gasteiger partial charge in [0.25, 0.3) is 5.91 Å². The van der Waals surface area contributed by atoms with E-state index < -0.39 is 6.17 Å². The van der Waals surface area contributed by atoms with Gasteiger partial charge in [-0.25, -0.2) is 19.4 Å². The lowest BCUT2D eigenvalue weighted by molar-refractivity contribution is 0.0962. The topological polar surface area (TPSA) is 102 Å². The van der Waals surface area contributed by atoms with Gasteiger partial charge in [-0.1, -0.05) is 0 Å². The maximum absolute atomic E-state index is 14.8. The number of rotatable bonds is 6. The molecule has 1 atom stereocenters. The molecule has 0 saturated heterocycles. The summed E-state index contributed by atoms with van der Waals surface area (Å²) in [5.74, 6) is 0.387. The standard InChI is InChI=1S/C21H22FN5O3/c1-13-6-17(4-5-27(13)29)26-21-24-11-16(12-25-21)19(22)9-14-7-15(20(28)23-2)10-18(8-14)30-3/h4-8,10-12,19,29H,9H2,1-3H3,(H,23,28). The van der Waals surface area contributed by atoms with Crippen LogP contribution in [0.15, 0.2) is 53.9 Å². The zero-order chi connectivity index (χ0) is 21.7. The zero-order valence-corrected chi connectivity index (χ0v) is 16.8. The maximum atomic E-state index is 14.8. The molecule has 3 rings (SSSR count). The van der Waals surface area contributed by atoms with Crippen molar-refractivity contribution in [1.82, 2.24) is 20.0 Å². The molecular formula is C21H22FN5O3. The Bertz CT molecular complexity index is 1110. The van der Waals surface area contributed by atoms with Gasteiger partial charge in [-0.05, 0) is 42.8 Å². The lowest BCUT2D eigenvalue weighted by atomic mass is 10.0. The van der Waals surface area contributed by atoms with Crippen LogP contribution >= 0.6 is 0 Å². The molecule has 0 spiro atoms. The maximum Gasteiger partial charge on any atom is 0.251 e. The number of hydrogen-bond acceptors (Lipinski definition) is 6. The van der Waals surface area contributed by atoms with Gasteiger partial charge in [-0.15, -0.1) is 0 Å². The lowest BCUT2D eigenvalue weighted by Gasteiger charge is -2.11. The number of aryl methyl sites for hydroxylation is 1. The van der Waals surface area contributed by atoms with E-state index in [1.807, 2.05) is 0 Å². The summed E-state index contributed by atoms with van der Waals surface area (Å²) < 4.78 is 21.0. The average Bonchev–Trinajstić information content (AvgIpc) is 2.75. The highest BCUT2D eigenvalue weighted by molar-refractivity contribution is 5.94. The second-order valence-corrected chi connectivity index (χ2v) is 6.62. The van der Waals surface area contributed by atoms with Crippen molar-refractivity contribution in [2.75, 3.05) is 14.2 Å². The summed E-state index contributed by atoms with van der Waals surface area (Å²) in [6.45, 7) is 1.73. The Morgan fingerprint density at radius 2 is 2.03 bits per heavy atom. The van der Waals surface area contributed by atoms with Crippen LogP contribution < -0.4 is 15.4 Å². The minimum absolute atomic E-state index is 0.0371. The fourth-order valence-corrected chi connectivity index (χ4v) is 2.83. The molecule has 2 N–H and O–H groups in total. The van der Waals surface area contributed by atoms with E-state index in [0.29, 0.717) is 33.5 Å². The van der Waals surface area contributed by atoms with E-state index in [2.05, 4.69) is 20.3 Å². The fourth-order valence-electron chi connectivity index (χ4n) is 2.83. The molecule has 1 aromatic carbocycles. The molecule has 0 saturated carbocycles. The number of aromatic nitrogens is 3. The molecule has 2 aromatic heterocycles. The number of amides is 1. The van der Waals surface area contributed by atoms with Crippen LogP contribution in [0.2, 0.25) is 0 Å². The fraction of sp³-hybridized carbons (Fsp3) is 0.238. The van der Waals surface area contributed by atoms with Crippen LogP contribution in [0.5, 0.6) is 5.75 Å². The molecule has 0 bridgehead atoms.